The third kappa shape index (κ3) is 5.08. The monoisotopic (exact) mass is 368 g/mol. The van der Waals surface area contributed by atoms with Crippen LogP contribution in [0.15, 0.2) is 65.4 Å². The molecule has 2 aromatic carbocycles. The van der Waals surface area contributed by atoms with Crippen molar-refractivity contribution in [3.8, 4) is 5.75 Å². The Kier molecular flexibility index (Phi) is 6.24. The van der Waals surface area contributed by atoms with Crippen LogP contribution in [0.3, 0.4) is 0 Å². The molecule has 6 heteroatoms. The number of carbonyl (C=O) groups excluding carboxylic acids is 1. The Morgan fingerprint density at radius 1 is 1.08 bits per heavy atom. The highest BCUT2D eigenvalue weighted by atomic mass is 32.1. The molecule has 0 saturated carbocycles. The van der Waals surface area contributed by atoms with Crippen molar-refractivity contribution in [3.05, 3.63) is 76.5 Å². The standard InChI is InChI=1S/C20H20N2O3S/c23-10-9-21-17-6-4-16(5-7-17)20(24)22-18-2-1-3-19(12-18)25-13-15-8-11-26-14-15/h1-8,11-12,14,21,23H,9-10,13H2,(H,22,24). The summed E-state index contributed by atoms with van der Waals surface area (Å²) in [6, 6.07) is 16.5. The topological polar surface area (TPSA) is 70.6 Å². The minimum Gasteiger partial charge on any atom is -0.489 e. The molecule has 0 fully saturated rings. The van der Waals surface area contributed by atoms with Gasteiger partial charge in [-0.2, -0.15) is 11.3 Å². The minimum atomic E-state index is -0.186. The molecule has 1 aromatic heterocycles. The van der Waals surface area contributed by atoms with Crippen LogP contribution in [-0.4, -0.2) is 24.2 Å². The lowest BCUT2D eigenvalue weighted by atomic mass is 10.2. The Morgan fingerprint density at radius 2 is 1.92 bits per heavy atom. The number of aliphatic hydroxyl groups excluding tert-OH is 1. The van der Waals surface area contributed by atoms with E-state index in [1.165, 1.54) is 0 Å². The van der Waals surface area contributed by atoms with Gasteiger partial charge in [0.1, 0.15) is 12.4 Å². The number of aliphatic hydroxyl groups is 1. The van der Waals surface area contributed by atoms with E-state index in [-0.39, 0.29) is 12.5 Å². The van der Waals surface area contributed by atoms with Crippen molar-refractivity contribution >= 4 is 28.6 Å². The molecule has 0 aliphatic rings. The van der Waals surface area contributed by atoms with E-state index in [0.29, 0.717) is 30.2 Å². The molecule has 0 aliphatic carbocycles. The van der Waals surface area contributed by atoms with Crippen LogP contribution in [-0.2, 0) is 6.61 Å². The maximum absolute atomic E-state index is 12.4. The predicted octanol–water partition coefficient (Wildman–Crippen LogP) is 3.98. The van der Waals surface area contributed by atoms with Crippen molar-refractivity contribution in [1.29, 1.82) is 0 Å². The number of hydrogen-bond donors (Lipinski definition) is 3. The van der Waals surface area contributed by atoms with Gasteiger partial charge in [-0.05, 0) is 58.8 Å². The van der Waals surface area contributed by atoms with Gasteiger partial charge >= 0.3 is 0 Å². The van der Waals surface area contributed by atoms with E-state index in [1.54, 1.807) is 29.5 Å². The molecule has 134 valence electrons. The second-order valence-electron chi connectivity index (χ2n) is 5.63. The fourth-order valence-corrected chi connectivity index (χ4v) is 3.00. The summed E-state index contributed by atoms with van der Waals surface area (Å²) in [5.41, 5.74) is 3.23. The second kappa shape index (κ2) is 9.03. The summed E-state index contributed by atoms with van der Waals surface area (Å²) in [7, 11) is 0. The molecule has 0 unspecified atom stereocenters. The molecular weight excluding hydrogens is 348 g/mol. The SMILES string of the molecule is O=C(Nc1cccc(OCc2ccsc2)c1)c1ccc(NCCO)cc1. The second-order valence-corrected chi connectivity index (χ2v) is 6.41. The van der Waals surface area contributed by atoms with Gasteiger partial charge in [0.2, 0.25) is 0 Å². The zero-order valence-corrected chi connectivity index (χ0v) is 15.0. The maximum atomic E-state index is 12.4. The molecule has 5 nitrogen and oxygen atoms in total. The summed E-state index contributed by atoms with van der Waals surface area (Å²) in [5, 5.41) is 18.8. The number of anilines is 2. The van der Waals surface area contributed by atoms with Crippen LogP contribution in [0.4, 0.5) is 11.4 Å². The fourth-order valence-electron chi connectivity index (χ4n) is 2.35. The van der Waals surface area contributed by atoms with Crippen molar-refractivity contribution in [2.24, 2.45) is 0 Å². The average molecular weight is 368 g/mol. The highest BCUT2D eigenvalue weighted by Gasteiger charge is 2.07. The number of carbonyl (C=O) groups is 1. The average Bonchev–Trinajstić information content (AvgIpc) is 3.19. The lowest BCUT2D eigenvalue weighted by molar-refractivity contribution is 0.102. The molecule has 0 radical (unpaired) electrons. The van der Waals surface area contributed by atoms with E-state index in [2.05, 4.69) is 10.6 Å². The van der Waals surface area contributed by atoms with Gasteiger partial charge in [0.15, 0.2) is 0 Å². The Hall–Kier alpha value is -2.83. The van der Waals surface area contributed by atoms with Gasteiger partial charge in [-0.15, -0.1) is 0 Å². The number of thiophene rings is 1. The van der Waals surface area contributed by atoms with E-state index in [1.807, 2.05) is 47.2 Å². The first-order valence-corrected chi connectivity index (χ1v) is 9.19. The fraction of sp³-hybridized carbons (Fsp3) is 0.150. The van der Waals surface area contributed by atoms with E-state index < -0.39 is 0 Å². The van der Waals surface area contributed by atoms with Gasteiger partial charge in [0.05, 0.1) is 6.61 Å². The Labute approximate surface area is 156 Å². The molecule has 0 saturated heterocycles. The summed E-state index contributed by atoms with van der Waals surface area (Å²) < 4.78 is 5.76. The van der Waals surface area contributed by atoms with Crippen LogP contribution in [0.25, 0.3) is 0 Å². The zero-order valence-electron chi connectivity index (χ0n) is 14.1. The zero-order chi connectivity index (χ0) is 18.2. The lowest BCUT2D eigenvalue weighted by Crippen LogP contribution is -2.12. The molecular formula is C20H20N2O3S. The number of amides is 1. The van der Waals surface area contributed by atoms with E-state index in [0.717, 1.165) is 11.3 Å². The number of ether oxygens (including phenoxy) is 1. The first kappa shape index (κ1) is 18.0. The van der Waals surface area contributed by atoms with Crippen LogP contribution in [0.1, 0.15) is 15.9 Å². The van der Waals surface area contributed by atoms with E-state index >= 15 is 0 Å². The molecule has 0 spiro atoms. The third-order valence-electron chi connectivity index (χ3n) is 3.67. The molecule has 0 aliphatic heterocycles. The number of rotatable bonds is 8. The molecule has 0 atom stereocenters. The first-order chi connectivity index (χ1) is 12.7. The normalized spacial score (nSPS) is 10.3. The minimum absolute atomic E-state index is 0.0626. The number of nitrogens with one attached hydrogen (secondary N) is 2. The molecule has 3 N–H and O–H groups in total. The van der Waals surface area contributed by atoms with Crippen molar-refractivity contribution < 1.29 is 14.6 Å². The summed E-state index contributed by atoms with van der Waals surface area (Å²) in [6.45, 7) is 1.04. The summed E-state index contributed by atoms with van der Waals surface area (Å²) in [5.74, 6) is 0.520. The smallest absolute Gasteiger partial charge is 0.255 e. The number of benzene rings is 2. The highest BCUT2D eigenvalue weighted by molar-refractivity contribution is 7.07. The van der Waals surface area contributed by atoms with Crippen LogP contribution in [0.5, 0.6) is 5.75 Å². The Balaban J connectivity index is 1.59. The predicted molar refractivity (Wildman–Crippen MR) is 105 cm³/mol. The van der Waals surface area contributed by atoms with E-state index in [9.17, 15) is 4.79 Å². The van der Waals surface area contributed by atoms with Gasteiger partial charge in [0.25, 0.3) is 5.91 Å². The molecule has 26 heavy (non-hydrogen) atoms. The van der Waals surface area contributed by atoms with Crippen molar-refractivity contribution in [2.45, 2.75) is 6.61 Å². The largest absolute Gasteiger partial charge is 0.489 e. The van der Waals surface area contributed by atoms with Crippen molar-refractivity contribution in [1.82, 2.24) is 0 Å². The van der Waals surface area contributed by atoms with Crippen LogP contribution in [0, 0.1) is 0 Å². The molecule has 1 amide bonds. The summed E-state index contributed by atoms with van der Waals surface area (Å²) in [6.07, 6.45) is 0. The van der Waals surface area contributed by atoms with Gasteiger partial charge in [-0.1, -0.05) is 6.07 Å². The summed E-state index contributed by atoms with van der Waals surface area (Å²) in [4.78, 5) is 12.4. The van der Waals surface area contributed by atoms with Crippen LogP contribution in [0.2, 0.25) is 0 Å². The van der Waals surface area contributed by atoms with Gasteiger partial charge in [-0.25, -0.2) is 0 Å². The van der Waals surface area contributed by atoms with Gasteiger partial charge in [-0.3, -0.25) is 4.79 Å². The van der Waals surface area contributed by atoms with E-state index in [4.69, 9.17) is 9.84 Å². The van der Waals surface area contributed by atoms with Crippen molar-refractivity contribution in [3.63, 3.8) is 0 Å². The van der Waals surface area contributed by atoms with Crippen LogP contribution >= 0.6 is 11.3 Å². The first-order valence-electron chi connectivity index (χ1n) is 8.25. The van der Waals surface area contributed by atoms with Gasteiger partial charge in [0, 0.05) is 29.5 Å². The third-order valence-corrected chi connectivity index (χ3v) is 4.40. The molecule has 3 rings (SSSR count). The highest BCUT2D eigenvalue weighted by Crippen LogP contribution is 2.20. The Morgan fingerprint density at radius 3 is 2.65 bits per heavy atom. The van der Waals surface area contributed by atoms with Crippen molar-refractivity contribution in [2.75, 3.05) is 23.8 Å². The number of hydrogen-bond acceptors (Lipinski definition) is 5. The molecule has 1 heterocycles. The molecule has 3 aromatic rings. The van der Waals surface area contributed by atoms with Crippen LogP contribution < -0.4 is 15.4 Å². The quantitative estimate of drug-likeness (QED) is 0.562. The summed E-state index contributed by atoms with van der Waals surface area (Å²) >= 11 is 1.64. The molecule has 0 bridgehead atoms. The lowest BCUT2D eigenvalue weighted by Gasteiger charge is -2.09. The van der Waals surface area contributed by atoms with Gasteiger partial charge < -0.3 is 20.5 Å². The maximum Gasteiger partial charge on any atom is 0.255 e. The Bertz CT molecular complexity index is 833.